The fraction of sp³-hybridized carbons (Fsp3) is 0.118. The standard InChI is InChI=1S/C17H14ClN3O2/c18-13-5-3-4-12(8-13)9-19-17(23)11-21-15-7-2-1-6-14(15)16(22)10-20-21/h1-8,10H,9,11H2,(H,19,23). The molecule has 116 valence electrons. The molecular formula is C17H14ClN3O2. The van der Waals surface area contributed by atoms with Crippen molar-refractivity contribution in [3.8, 4) is 0 Å². The van der Waals surface area contributed by atoms with E-state index in [1.807, 2.05) is 18.2 Å². The van der Waals surface area contributed by atoms with Crippen molar-refractivity contribution < 1.29 is 4.79 Å². The Morgan fingerprint density at radius 2 is 2.00 bits per heavy atom. The third-order valence-corrected chi connectivity index (χ3v) is 3.67. The van der Waals surface area contributed by atoms with E-state index in [1.165, 1.54) is 10.9 Å². The van der Waals surface area contributed by atoms with E-state index in [9.17, 15) is 9.59 Å². The molecule has 0 fully saturated rings. The SMILES string of the molecule is O=C(Cn1ncc(=O)c2ccccc21)NCc1cccc(Cl)c1. The van der Waals surface area contributed by atoms with Crippen LogP contribution in [0.3, 0.4) is 0 Å². The topological polar surface area (TPSA) is 64.0 Å². The second kappa shape index (κ2) is 6.62. The first-order chi connectivity index (χ1) is 11.1. The van der Waals surface area contributed by atoms with Crippen molar-refractivity contribution >= 4 is 28.4 Å². The van der Waals surface area contributed by atoms with Crippen molar-refractivity contribution in [2.75, 3.05) is 0 Å². The predicted molar refractivity (Wildman–Crippen MR) is 89.3 cm³/mol. The smallest absolute Gasteiger partial charge is 0.242 e. The molecule has 6 heteroatoms. The summed E-state index contributed by atoms with van der Waals surface area (Å²) in [6.07, 6.45) is 1.23. The molecule has 0 saturated heterocycles. The molecule has 0 aliphatic carbocycles. The molecule has 23 heavy (non-hydrogen) atoms. The molecule has 0 aliphatic heterocycles. The Morgan fingerprint density at radius 3 is 2.83 bits per heavy atom. The zero-order valence-corrected chi connectivity index (χ0v) is 13.0. The first kappa shape index (κ1) is 15.2. The van der Waals surface area contributed by atoms with Gasteiger partial charge in [-0.3, -0.25) is 14.3 Å². The summed E-state index contributed by atoms with van der Waals surface area (Å²) in [6, 6.07) is 14.4. The monoisotopic (exact) mass is 327 g/mol. The molecule has 1 N–H and O–H groups in total. The summed E-state index contributed by atoms with van der Waals surface area (Å²) in [6.45, 7) is 0.429. The van der Waals surface area contributed by atoms with Gasteiger partial charge in [0.25, 0.3) is 0 Å². The van der Waals surface area contributed by atoms with Crippen LogP contribution >= 0.6 is 11.6 Å². The first-order valence-electron chi connectivity index (χ1n) is 7.09. The number of nitrogens with one attached hydrogen (secondary N) is 1. The third kappa shape index (κ3) is 3.57. The lowest BCUT2D eigenvalue weighted by molar-refractivity contribution is -0.121. The minimum Gasteiger partial charge on any atom is -0.350 e. The molecule has 0 spiro atoms. The highest BCUT2D eigenvalue weighted by Gasteiger charge is 2.08. The Balaban J connectivity index is 1.73. The molecule has 1 amide bonds. The predicted octanol–water partition coefficient (Wildman–Crippen LogP) is 2.37. The van der Waals surface area contributed by atoms with Gasteiger partial charge in [-0.15, -0.1) is 0 Å². The van der Waals surface area contributed by atoms with Gasteiger partial charge in [-0.05, 0) is 29.8 Å². The molecule has 0 radical (unpaired) electrons. The molecule has 1 heterocycles. The van der Waals surface area contributed by atoms with Crippen LogP contribution in [0.25, 0.3) is 10.9 Å². The van der Waals surface area contributed by atoms with Crippen LogP contribution in [0.2, 0.25) is 5.02 Å². The average Bonchev–Trinajstić information content (AvgIpc) is 2.56. The molecule has 0 unspecified atom stereocenters. The van der Waals surface area contributed by atoms with Gasteiger partial charge >= 0.3 is 0 Å². The van der Waals surface area contributed by atoms with E-state index in [1.54, 1.807) is 30.3 Å². The van der Waals surface area contributed by atoms with E-state index >= 15 is 0 Å². The van der Waals surface area contributed by atoms with Crippen LogP contribution in [-0.2, 0) is 17.9 Å². The van der Waals surface area contributed by atoms with E-state index in [2.05, 4.69) is 10.4 Å². The van der Waals surface area contributed by atoms with Crippen molar-refractivity contribution in [1.82, 2.24) is 15.1 Å². The van der Waals surface area contributed by atoms with Crippen LogP contribution in [0.15, 0.2) is 59.5 Å². The summed E-state index contributed by atoms with van der Waals surface area (Å²) in [5, 5.41) is 8.03. The number of amides is 1. The van der Waals surface area contributed by atoms with Crippen LogP contribution in [0.5, 0.6) is 0 Å². The fourth-order valence-corrected chi connectivity index (χ4v) is 2.54. The van der Waals surface area contributed by atoms with Gasteiger partial charge < -0.3 is 5.32 Å². The van der Waals surface area contributed by atoms with Crippen molar-refractivity contribution in [2.24, 2.45) is 0 Å². The lowest BCUT2D eigenvalue weighted by atomic mass is 10.2. The van der Waals surface area contributed by atoms with Crippen LogP contribution < -0.4 is 10.7 Å². The van der Waals surface area contributed by atoms with Crippen molar-refractivity contribution in [3.63, 3.8) is 0 Å². The molecule has 0 saturated carbocycles. The maximum Gasteiger partial charge on any atom is 0.242 e. The Hall–Kier alpha value is -2.66. The summed E-state index contributed by atoms with van der Waals surface area (Å²) in [5.74, 6) is -0.189. The molecule has 5 nitrogen and oxygen atoms in total. The van der Waals surface area contributed by atoms with Gasteiger partial charge in [0, 0.05) is 17.0 Å². The van der Waals surface area contributed by atoms with Gasteiger partial charge in [0.2, 0.25) is 11.3 Å². The van der Waals surface area contributed by atoms with Gasteiger partial charge in [-0.1, -0.05) is 35.9 Å². The van der Waals surface area contributed by atoms with E-state index in [4.69, 9.17) is 11.6 Å². The van der Waals surface area contributed by atoms with E-state index < -0.39 is 0 Å². The fourth-order valence-electron chi connectivity index (χ4n) is 2.33. The number of benzene rings is 2. The summed E-state index contributed by atoms with van der Waals surface area (Å²) < 4.78 is 1.52. The number of hydrogen-bond acceptors (Lipinski definition) is 3. The maximum atomic E-state index is 12.1. The largest absolute Gasteiger partial charge is 0.350 e. The van der Waals surface area contributed by atoms with Gasteiger partial charge in [-0.25, -0.2) is 0 Å². The number of carbonyl (C=O) groups excluding carboxylic acids is 1. The zero-order chi connectivity index (χ0) is 16.2. The van der Waals surface area contributed by atoms with Gasteiger partial charge in [-0.2, -0.15) is 5.10 Å². The maximum absolute atomic E-state index is 12.1. The van der Waals surface area contributed by atoms with Gasteiger partial charge in [0.05, 0.1) is 11.7 Å². The Kier molecular flexibility index (Phi) is 4.39. The second-order valence-electron chi connectivity index (χ2n) is 5.09. The van der Waals surface area contributed by atoms with Crippen molar-refractivity contribution in [3.05, 3.63) is 75.5 Å². The summed E-state index contributed by atoms with van der Waals surface area (Å²) in [5.41, 5.74) is 1.40. The van der Waals surface area contributed by atoms with E-state index in [-0.39, 0.29) is 17.9 Å². The molecule has 0 aliphatic rings. The molecule has 1 aromatic heterocycles. The summed E-state index contributed by atoms with van der Waals surface area (Å²) >= 11 is 5.91. The highest BCUT2D eigenvalue weighted by atomic mass is 35.5. The Morgan fingerprint density at radius 1 is 1.17 bits per heavy atom. The van der Waals surface area contributed by atoms with Crippen LogP contribution in [0, 0.1) is 0 Å². The highest BCUT2D eigenvalue weighted by molar-refractivity contribution is 6.30. The number of carbonyl (C=O) groups is 1. The Labute approximate surface area is 137 Å². The van der Waals surface area contributed by atoms with Gasteiger partial charge in [0.1, 0.15) is 6.54 Å². The minimum atomic E-state index is -0.189. The van der Waals surface area contributed by atoms with Crippen LogP contribution in [-0.4, -0.2) is 15.7 Å². The summed E-state index contributed by atoms with van der Waals surface area (Å²) in [7, 11) is 0. The van der Waals surface area contributed by atoms with Crippen molar-refractivity contribution in [1.29, 1.82) is 0 Å². The normalized spacial score (nSPS) is 10.7. The molecule has 2 aromatic carbocycles. The van der Waals surface area contributed by atoms with E-state index in [0.717, 1.165) is 5.56 Å². The lowest BCUT2D eigenvalue weighted by Gasteiger charge is -2.10. The quantitative estimate of drug-likeness (QED) is 0.800. The number of para-hydroxylation sites is 1. The number of rotatable bonds is 4. The number of nitrogens with zero attached hydrogens (tertiary/aromatic N) is 2. The second-order valence-corrected chi connectivity index (χ2v) is 5.53. The zero-order valence-electron chi connectivity index (χ0n) is 12.2. The van der Waals surface area contributed by atoms with E-state index in [0.29, 0.717) is 22.5 Å². The molecule has 3 aromatic rings. The minimum absolute atomic E-state index is 0.0430. The number of halogens is 1. The molecule has 0 atom stereocenters. The first-order valence-corrected chi connectivity index (χ1v) is 7.47. The summed E-state index contributed by atoms with van der Waals surface area (Å²) in [4.78, 5) is 23.9. The number of hydrogen-bond donors (Lipinski definition) is 1. The Bertz CT molecular complexity index is 921. The van der Waals surface area contributed by atoms with Crippen LogP contribution in [0.1, 0.15) is 5.56 Å². The average molecular weight is 328 g/mol. The van der Waals surface area contributed by atoms with Crippen molar-refractivity contribution in [2.45, 2.75) is 13.1 Å². The molecular weight excluding hydrogens is 314 g/mol. The molecule has 0 bridgehead atoms. The third-order valence-electron chi connectivity index (χ3n) is 3.43. The number of fused-ring (bicyclic) bond motifs is 1. The lowest BCUT2D eigenvalue weighted by Crippen LogP contribution is -2.28. The number of aromatic nitrogens is 2. The highest BCUT2D eigenvalue weighted by Crippen LogP contribution is 2.10. The molecule has 3 rings (SSSR count). The van der Waals surface area contributed by atoms with Gasteiger partial charge in [0.15, 0.2) is 0 Å². The van der Waals surface area contributed by atoms with Crippen LogP contribution in [0.4, 0.5) is 0 Å².